The van der Waals surface area contributed by atoms with E-state index in [9.17, 15) is 9.90 Å². The molecular weight excluding hydrogens is 298 g/mol. The minimum atomic E-state index is -0.777. The number of halogens is 1. The Morgan fingerprint density at radius 1 is 1.56 bits per heavy atom. The largest absolute Gasteiger partial charge is 0.497 e. The molecule has 1 atom stereocenters. The van der Waals surface area contributed by atoms with Gasteiger partial charge in [0.2, 0.25) is 0 Å². The molecule has 0 spiro atoms. The summed E-state index contributed by atoms with van der Waals surface area (Å²) in [5.74, 6) is 0.561. The van der Waals surface area contributed by atoms with Gasteiger partial charge in [-0.3, -0.25) is 4.79 Å². The van der Waals surface area contributed by atoms with Crippen molar-refractivity contribution in [3.05, 3.63) is 28.2 Å². The number of amides is 1. The molecule has 1 fully saturated rings. The minimum Gasteiger partial charge on any atom is -0.497 e. The van der Waals surface area contributed by atoms with Crippen LogP contribution in [0.5, 0.6) is 5.75 Å². The second kappa shape index (κ2) is 4.90. The van der Waals surface area contributed by atoms with Gasteiger partial charge in [0.1, 0.15) is 5.75 Å². The van der Waals surface area contributed by atoms with Crippen molar-refractivity contribution in [3.63, 3.8) is 0 Å². The van der Waals surface area contributed by atoms with E-state index in [1.165, 1.54) is 0 Å². The molecule has 2 rings (SSSR count). The first kappa shape index (κ1) is 13.4. The Balaban J connectivity index is 2.24. The highest BCUT2D eigenvalue weighted by Gasteiger charge is 2.34. The monoisotopic (exact) mass is 313 g/mol. The molecule has 1 aromatic rings. The molecule has 1 unspecified atom stereocenters. The van der Waals surface area contributed by atoms with Crippen LogP contribution < -0.4 is 4.74 Å². The molecule has 1 saturated heterocycles. The zero-order chi connectivity index (χ0) is 13.3. The summed E-state index contributed by atoms with van der Waals surface area (Å²) in [6, 6.07) is 5.29. The first-order valence-corrected chi connectivity index (χ1v) is 6.57. The van der Waals surface area contributed by atoms with E-state index >= 15 is 0 Å². The molecule has 18 heavy (non-hydrogen) atoms. The fourth-order valence-electron chi connectivity index (χ4n) is 2.08. The molecule has 0 saturated carbocycles. The third kappa shape index (κ3) is 2.67. The van der Waals surface area contributed by atoms with Gasteiger partial charge >= 0.3 is 0 Å². The quantitative estimate of drug-likeness (QED) is 0.909. The lowest BCUT2D eigenvalue weighted by atomic mass is 10.1. The van der Waals surface area contributed by atoms with Crippen molar-refractivity contribution in [2.45, 2.75) is 18.9 Å². The summed E-state index contributed by atoms with van der Waals surface area (Å²) in [6.07, 6.45) is 0.611. The maximum atomic E-state index is 12.4. The van der Waals surface area contributed by atoms with Gasteiger partial charge in [-0.15, -0.1) is 0 Å². The van der Waals surface area contributed by atoms with Gasteiger partial charge in [-0.25, -0.2) is 0 Å². The second-order valence-corrected chi connectivity index (χ2v) is 5.67. The number of carbonyl (C=O) groups excluding carboxylic acids is 1. The number of ether oxygens (including phenoxy) is 1. The lowest BCUT2D eigenvalue weighted by Gasteiger charge is -2.19. The third-order valence-corrected chi connectivity index (χ3v) is 3.83. The fraction of sp³-hybridized carbons (Fsp3) is 0.462. The summed E-state index contributed by atoms with van der Waals surface area (Å²) in [6.45, 7) is 2.70. The number of aliphatic hydroxyl groups is 1. The number of hydrogen-bond acceptors (Lipinski definition) is 3. The van der Waals surface area contributed by atoms with Crippen LogP contribution in [0.1, 0.15) is 23.7 Å². The Kier molecular flexibility index (Phi) is 3.64. The number of likely N-dealkylation sites (tertiary alicyclic amines) is 1. The topological polar surface area (TPSA) is 49.8 Å². The number of benzene rings is 1. The predicted molar refractivity (Wildman–Crippen MR) is 71.8 cm³/mol. The fourth-order valence-corrected chi connectivity index (χ4v) is 2.50. The zero-order valence-corrected chi connectivity index (χ0v) is 12.0. The molecule has 1 heterocycles. The summed E-state index contributed by atoms with van der Waals surface area (Å²) >= 11 is 3.37. The van der Waals surface area contributed by atoms with Crippen LogP contribution in [-0.4, -0.2) is 41.7 Å². The highest BCUT2D eigenvalue weighted by Crippen LogP contribution is 2.27. The standard InChI is InChI=1S/C13H16BrNO3/c1-13(17)5-6-15(8-13)12(16)10-7-9(18-2)3-4-11(10)14/h3-4,7,17H,5-6,8H2,1-2H3. The molecule has 1 amide bonds. The summed E-state index contributed by atoms with van der Waals surface area (Å²) in [7, 11) is 1.57. The van der Waals surface area contributed by atoms with Crippen molar-refractivity contribution in [1.82, 2.24) is 4.90 Å². The molecule has 1 aliphatic heterocycles. The van der Waals surface area contributed by atoms with Gasteiger partial charge in [0, 0.05) is 17.6 Å². The normalized spacial score (nSPS) is 23.2. The molecule has 0 aromatic heterocycles. The first-order chi connectivity index (χ1) is 8.43. The third-order valence-electron chi connectivity index (χ3n) is 3.14. The van der Waals surface area contributed by atoms with Crippen LogP contribution in [0, 0.1) is 0 Å². The molecule has 0 radical (unpaired) electrons. The van der Waals surface area contributed by atoms with Crippen LogP contribution in [0.15, 0.2) is 22.7 Å². The van der Waals surface area contributed by atoms with Gasteiger partial charge in [0.25, 0.3) is 5.91 Å². The van der Waals surface area contributed by atoms with Crippen molar-refractivity contribution in [2.75, 3.05) is 20.2 Å². The zero-order valence-electron chi connectivity index (χ0n) is 10.4. The molecule has 0 aliphatic carbocycles. The van der Waals surface area contributed by atoms with Gasteiger partial charge in [-0.05, 0) is 47.5 Å². The summed E-state index contributed by atoms with van der Waals surface area (Å²) in [4.78, 5) is 14.0. The number of rotatable bonds is 2. The van der Waals surface area contributed by atoms with Gasteiger partial charge in [0.15, 0.2) is 0 Å². The Hall–Kier alpha value is -1.07. The SMILES string of the molecule is COc1ccc(Br)c(C(=O)N2CCC(C)(O)C2)c1. The maximum absolute atomic E-state index is 12.4. The van der Waals surface area contributed by atoms with E-state index < -0.39 is 5.60 Å². The van der Waals surface area contributed by atoms with Crippen molar-refractivity contribution in [3.8, 4) is 5.75 Å². The highest BCUT2D eigenvalue weighted by molar-refractivity contribution is 9.10. The second-order valence-electron chi connectivity index (χ2n) is 4.82. The Morgan fingerprint density at radius 3 is 2.83 bits per heavy atom. The number of hydrogen-bond donors (Lipinski definition) is 1. The minimum absolute atomic E-state index is 0.0847. The van der Waals surface area contributed by atoms with Gasteiger partial charge < -0.3 is 14.7 Å². The predicted octanol–water partition coefficient (Wildman–Crippen LogP) is 2.05. The van der Waals surface area contributed by atoms with Crippen molar-refractivity contribution in [1.29, 1.82) is 0 Å². The molecule has 4 nitrogen and oxygen atoms in total. The van der Waals surface area contributed by atoms with E-state index in [0.717, 1.165) is 4.47 Å². The first-order valence-electron chi connectivity index (χ1n) is 5.78. The highest BCUT2D eigenvalue weighted by atomic mass is 79.9. The molecule has 1 aromatic carbocycles. The number of methoxy groups -OCH3 is 1. The van der Waals surface area contributed by atoms with E-state index in [1.54, 1.807) is 37.1 Å². The lowest BCUT2D eigenvalue weighted by molar-refractivity contribution is 0.0571. The van der Waals surface area contributed by atoms with Crippen LogP contribution in [0.25, 0.3) is 0 Å². The van der Waals surface area contributed by atoms with Crippen LogP contribution in [-0.2, 0) is 0 Å². The summed E-state index contributed by atoms with van der Waals surface area (Å²) in [5.41, 5.74) is -0.215. The van der Waals surface area contributed by atoms with Crippen molar-refractivity contribution < 1.29 is 14.6 Å². The van der Waals surface area contributed by atoms with E-state index in [1.807, 2.05) is 0 Å². The van der Waals surface area contributed by atoms with Crippen LogP contribution >= 0.6 is 15.9 Å². The van der Waals surface area contributed by atoms with Gasteiger partial charge in [0.05, 0.1) is 18.3 Å². The van der Waals surface area contributed by atoms with Crippen molar-refractivity contribution >= 4 is 21.8 Å². The molecule has 98 valence electrons. The van der Waals surface area contributed by atoms with E-state index in [2.05, 4.69) is 15.9 Å². The summed E-state index contributed by atoms with van der Waals surface area (Å²) in [5, 5.41) is 9.90. The maximum Gasteiger partial charge on any atom is 0.255 e. The molecule has 1 aliphatic rings. The van der Waals surface area contributed by atoms with E-state index in [-0.39, 0.29) is 5.91 Å². The number of nitrogens with zero attached hydrogens (tertiary/aromatic N) is 1. The molecular formula is C13H16BrNO3. The summed E-state index contributed by atoms with van der Waals surface area (Å²) < 4.78 is 5.86. The average Bonchev–Trinajstić information content (AvgIpc) is 2.69. The smallest absolute Gasteiger partial charge is 0.255 e. The van der Waals surface area contributed by atoms with Gasteiger partial charge in [-0.1, -0.05) is 0 Å². The van der Waals surface area contributed by atoms with Crippen molar-refractivity contribution in [2.24, 2.45) is 0 Å². The number of β-amino-alcohol motifs (C(OH)–C–C–N with tert-alkyl or cyclic N) is 1. The van der Waals surface area contributed by atoms with E-state index in [4.69, 9.17) is 4.74 Å². The average molecular weight is 314 g/mol. The Labute approximate surface area is 115 Å². The molecule has 0 bridgehead atoms. The van der Waals surface area contributed by atoms with Crippen LogP contribution in [0.3, 0.4) is 0 Å². The molecule has 1 N–H and O–H groups in total. The Bertz CT molecular complexity index is 473. The Morgan fingerprint density at radius 2 is 2.28 bits per heavy atom. The van der Waals surface area contributed by atoms with Crippen LogP contribution in [0.2, 0.25) is 0 Å². The van der Waals surface area contributed by atoms with E-state index in [0.29, 0.717) is 30.8 Å². The lowest BCUT2D eigenvalue weighted by Crippen LogP contribution is -2.34. The molecule has 5 heteroatoms. The number of carbonyl (C=O) groups is 1. The van der Waals surface area contributed by atoms with Crippen LogP contribution in [0.4, 0.5) is 0 Å². The van der Waals surface area contributed by atoms with Gasteiger partial charge in [-0.2, -0.15) is 0 Å².